The number of nitrogen functional groups attached to an aromatic ring is 1. The van der Waals surface area contributed by atoms with E-state index in [2.05, 4.69) is 10.4 Å². The molecule has 0 aliphatic carbocycles. The van der Waals surface area contributed by atoms with Gasteiger partial charge in [0.1, 0.15) is 12.4 Å². The number of para-hydroxylation sites is 1. The molecular formula is C13H14N4O2. The second-order valence-electron chi connectivity index (χ2n) is 4.37. The fourth-order valence-corrected chi connectivity index (χ4v) is 2.18. The quantitative estimate of drug-likeness (QED) is 0.643. The van der Waals surface area contributed by atoms with Crippen LogP contribution >= 0.6 is 0 Å². The molecule has 1 saturated heterocycles. The Labute approximate surface area is 110 Å². The van der Waals surface area contributed by atoms with Gasteiger partial charge in [0.15, 0.2) is 0 Å². The van der Waals surface area contributed by atoms with Crippen molar-refractivity contribution in [2.75, 3.05) is 18.6 Å². The van der Waals surface area contributed by atoms with Crippen LogP contribution in [0.25, 0.3) is 10.9 Å². The molecule has 0 atom stereocenters. The molecule has 3 N–H and O–H groups in total. The number of cyclic esters (lactones) is 1. The van der Waals surface area contributed by atoms with E-state index in [1.807, 2.05) is 30.3 Å². The maximum atomic E-state index is 11.5. The average molecular weight is 258 g/mol. The highest BCUT2D eigenvalue weighted by atomic mass is 16.6. The van der Waals surface area contributed by atoms with E-state index >= 15 is 0 Å². The molecule has 19 heavy (non-hydrogen) atoms. The summed E-state index contributed by atoms with van der Waals surface area (Å²) in [6.45, 7) is 1.47. The maximum absolute atomic E-state index is 11.5. The van der Waals surface area contributed by atoms with E-state index in [1.165, 1.54) is 0 Å². The second kappa shape index (κ2) is 4.74. The van der Waals surface area contributed by atoms with Crippen molar-refractivity contribution < 1.29 is 9.53 Å². The van der Waals surface area contributed by atoms with Gasteiger partial charge in [-0.05, 0) is 12.1 Å². The number of nitrogens with one attached hydrogen (secondary N) is 1. The number of fused-ring (bicyclic) bond motifs is 1. The fourth-order valence-electron chi connectivity index (χ4n) is 2.18. The van der Waals surface area contributed by atoms with Gasteiger partial charge in [0.05, 0.1) is 18.6 Å². The van der Waals surface area contributed by atoms with Crippen LogP contribution in [-0.2, 0) is 11.3 Å². The number of hydrogen-bond donors (Lipinski definition) is 2. The number of carbonyl (C=O) groups excluding carboxylic acids is 1. The zero-order chi connectivity index (χ0) is 13.2. The first kappa shape index (κ1) is 11.7. The molecule has 2 aromatic rings. The Morgan fingerprint density at radius 1 is 1.42 bits per heavy atom. The molecule has 3 rings (SSSR count). The van der Waals surface area contributed by atoms with Crippen LogP contribution < -0.4 is 11.3 Å². The molecule has 1 aromatic carbocycles. The van der Waals surface area contributed by atoms with Gasteiger partial charge < -0.3 is 15.1 Å². The van der Waals surface area contributed by atoms with Crippen molar-refractivity contribution in [3.8, 4) is 0 Å². The van der Waals surface area contributed by atoms with Crippen LogP contribution in [-0.4, -0.2) is 29.1 Å². The summed E-state index contributed by atoms with van der Waals surface area (Å²) in [6.07, 6.45) is -0.295. The summed E-state index contributed by atoms with van der Waals surface area (Å²) >= 11 is 0. The predicted octanol–water partition coefficient (Wildman–Crippen LogP) is 1.47. The Balaban J connectivity index is 1.99. The van der Waals surface area contributed by atoms with Crippen LogP contribution in [0.1, 0.15) is 5.56 Å². The predicted molar refractivity (Wildman–Crippen MR) is 71.3 cm³/mol. The highest BCUT2D eigenvalue weighted by Gasteiger charge is 2.23. The van der Waals surface area contributed by atoms with Gasteiger partial charge in [-0.3, -0.25) is 0 Å². The third-order valence-electron chi connectivity index (χ3n) is 3.15. The van der Waals surface area contributed by atoms with Gasteiger partial charge in [-0.2, -0.15) is 0 Å². The number of rotatable bonds is 3. The summed E-state index contributed by atoms with van der Waals surface area (Å²) in [7, 11) is 0. The number of hydrazine groups is 1. The molecule has 1 fully saturated rings. The lowest BCUT2D eigenvalue weighted by atomic mass is 10.1. The van der Waals surface area contributed by atoms with Crippen LogP contribution in [0.15, 0.2) is 30.3 Å². The van der Waals surface area contributed by atoms with Gasteiger partial charge >= 0.3 is 6.09 Å². The van der Waals surface area contributed by atoms with Crippen molar-refractivity contribution in [3.63, 3.8) is 0 Å². The largest absolute Gasteiger partial charge is 0.448 e. The number of anilines is 1. The normalized spacial score (nSPS) is 14.8. The first-order chi connectivity index (χ1) is 9.28. The van der Waals surface area contributed by atoms with Crippen molar-refractivity contribution >= 4 is 22.8 Å². The van der Waals surface area contributed by atoms with E-state index in [9.17, 15) is 4.79 Å². The number of hydrogen-bond acceptors (Lipinski definition) is 5. The van der Waals surface area contributed by atoms with Crippen LogP contribution in [0, 0.1) is 0 Å². The molecule has 2 heterocycles. The molecule has 1 amide bonds. The Morgan fingerprint density at radius 3 is 3.00 bits per heavy atom. The van der Waals surface area contributed by atoms with Crippen LogP contribution in [0.5, 0.6) is 0 Å². The van der Waals surface area contributed by atoms with Crippen LogP contribution in [0.2, 0.25) is 0 Å². The van der Waals surface area contributed by atoms with E-state index in [0.29, 0.717) is 25.5 Å². The first-order valence-corrected chi connectivity index (χ1v) is 6.05. The Bertz CT molecular complexity index is 629. The number of pyridine rings is 1. The van der Waals surface area contributed by atoms with Crippen molar-refractivity contribution in [2.24, 2.45) is 5.84 Å². The summed E-state index contributed by atoms with van der Waals surface area (Å²) < 4.78 is 4.91. The minimum Gasteiger partial charge on any atom is -0.448 e. The number of benzene rings is 1. The topological polar surface area (TPSA) is 80.5 Å². The number of amides is 1. The Morgan fingerprint density at radius 2 is 2.26 bits per heavy atom. The third kappa shape index (κ3) is 2.17. The van der Waals surface area contributed by atoms with Gasteiger partial charge in [0.2, 0.25) is 0 Å². The lowest BCUT2D eigenvalue weighted by Gasteiger charge is -2.15. The van der Waals surface area contributed by atoms with Gasteiger partial charge in [-0.1, -0.05) is 18.2 Å². The smallest absolute Gasteiger partial charge is 0.410 e. The molecule has 98 valence electrons. The number of aromatic nitrogens is 1. The molecule has 1 aromatic heterocycles. The molecule has 6 heteroatoms. The standard InChI is InChI=1S/C13H14N4O2/c14-16-12-10(8-17-5-6-19-13(17)18)7-9-3-1-2-4-11(9)15-12/h1-4,7H,5-6,8,14H2,(H,15,16). The van der Waals surface area contributed by atoms with Gasteiger partial charge in [-0.25, -0.2) is 15.6 Å². The zero-order valence-electron chi connectivity index (χ0n) is 10.3. The highest BCUT2D eigenvalue weighted by Crippen LogP contribution is 2.22. The van der Waals surface area contributed by atoms with Gasteiger partial charge in [0.25, 0.3) is 0 Å². The Kier molecular flexibility index (Phi) is 2.92. The first-order valence-electron chi connectivity index (χ1n) is 6.05. The molecule has 0 bridgehead atoms. The lowest BCUT2D eigenvalue weighted by Crippen LogP contribution is -2.25. The molecule has 1 aliphatic rings. The fraction of sp³-hybridized carbons (Fsp3) is 0.231. The summed E-state index contributed by atoms with van der Waals surface area (Å²) in [5.41, 5.74) is 4.33. The van der Waals surface area contributed by atoms with E-state index in [1.54, 1.807) is 4.90 Å². The van der Waals surface area contributed by atoms with Gasteiger partial charge in [-0.15, -0.1) is 0 Å². The third-order valence-corrected chi connectivity index (χ3v) is 3.15. The van der Waals surface area contributed by atoms with E-state index in [0.717, 1.165) is 16.5 Å². The summed E-state index contributed by atoms with van der Waals surface area (Å²) in [4.78, 5) is 17.6. The molecular weight excluding hydrogens is 244 g/mol. The van der Waals surface area contributed by atoms with Gasteiger partial charge in [0, 0.05) is 10.9 Å². The number of ether oxygens (including phenoxy) is 1. The van der Waals surface area contributed by atoms with Crippen molar-refractivity contribution in [2.45, 2.75) is 6.54 Å². The molecule has 1 aliphatic heterocycles. The van der Waals surface area contributed by atoms with Crippen LogP contribution in [0.3, 0.4) is 0 Å². The minimum atomic E-state index is -0.295. The average Bonchev–Trinajstić information content (AvgIpc) is 2.83. The summed E-state index contributed by atoms with van der Waals surface area (Å²) in [6, 6.07) is 9.77. The van der Waals surface area contributed by atoms with Crippen molar-refractivity contribution in [1.29, 1.82) is 0 Å². The maximum Gasteiger partial charge on any atom is 0.410 e. The van der Waals surface area contributed by atoms with E-state index in [4.69, 9.17) is 10.6 Å². The summed E-state index contributed by atoms with van der Waals surface area (Å²) in [5, 5.41) is 1.02. The molecule has 0 radical (unpaired) electrons. The van der Waals surface area contributed by atoms with Crippen molar-refractivity contribution in [1.82, 2.24) is 9.88 Å². The molecule has 0 saturated carbocycles. The second-order valence-corrected chi connectivity index (χ2v) is 4.37. The van der Waals surface area contributed by atoms with E-state index < -0.39 is 0 Å². The van der Waals surface area contributed by atoms with E-state index in [-0.39, 0.29) is 6.09 Å². The lowest BCUT2D eigenvalue weighted by molar-refractivity contribution is 0.157. The molecule has 0 unspecified atom stereocenters. The molecule has 0 spiro atoms. The zero-order valence-corrected chi connectivity index (χ0v) is 10.3. The van der Waals surface area contributed by atoms with Crippen LogP contribution in [0.4, 0.5) is 10.6 Å². The number of nitrogens with two attached hydrogens (primary N) is 1. The number of nitrogens with zero attached hydrogens (tertiary/aromatic N) is 2. The van der Waals surface area contributed by atoms with Crippen molar-refractivity contribution in [3.05, 3.63) is 35.9 Å². The molecule has 6 nitrogen and oxygen atoms in total. The Hall–Kier alpha value is -2.34. The number of carbonyl (C=O) groups is 1. The minimum absolute atomic E-state index is 0.295. The monoisotopic (exact) mass is 258 g/mol. The highest BCUT2D eigenvalue weighted by molar-refractivity contribution is 5.81. The summed E-state index contributed by atoms with van der Waals surface area (Å²) in [5.74, 6) is 6.09. The SMILES string of the molecule is NNc1nc2ccccc2cc1CN1CCOC1=O.